The molecule has 124 valence electrons. The molecule has 1 aliphatic rings. The van der Waals surface area contributed by atoms with Gasteiger partial charge in [-0.05, 0) is 11.6 Å². The van der Waals surface area contributed by atoms with Crippen molar-refractivity contribution in [2.75, 3.05) is 32.8 Å². The van der Waals surface area contributed by atoms with E-state index >= 15 is 0 Å². The minimum atomic E-state index is -4.39. The molecular weight excluding hydrogens is 293 g/mol. The highest BCUT2D eigenvalue weighted by Crippen LogP contribution is 2.43. The van der Waals surface area contributed by atoms with Crippen LogP contribution in [0.5, 0.6) is 0 Å². The number of piperazine rings is 1. The van der Waals surface area contributed by atoms with Gasteiger partial charge in [0.25, 0.3) is 0 Å². The van der Waals surface area contributed by atoms with Crippen LogP contribution in [-0.4, -0.2) is 42.8 Å². The number of hydrogen-bond donors (Lipinski definition) is 2. The fourth-order valence-corrected chi connectivity index (χ4v) is 3.13. The number of nitrogens with zero attached hydrogens (tertiary/aromatic N) is 1. The number of aliphatic hydroxyl groups is 1. The van der Waals surface area contributed by atoms with Gasteiger partial charge in [-0.1, -0.05) is 32.0 Å². The van der Waals surface area contributed by atoms with Crippen molar-refractivity contribution in [1.29, 1.82) is 0 Å². The molecule has 1 aliphatic heterocycles. The Bertz CT molecular complexity index is 496. The lowest BCUT2D eigenvalue weighted by molar-refractivity contribution is -0.139. The zero-order valence-corrected chi connectivity index (χ0v) is 13.0. The summed E-state index contributed by atoms with van der Waals surface area (Å²) in [6.45, 7) is 6.27. The standard InChI is InChI=1S/C16H23F3N2O/c1-15(2,11-22)14(21-9-7-20-8-10-21)12-5-3-4-6-13(12)16(17,18)19/h3-6,14,20,22H,7-11H2,1-2H3/t14-/m1/s1. The maximum absolute atomic E-state index is 13.4. The normalized spacial score (nSPS) is 19.2. The van der Waals surface area contributed by atoms with Crippen LogP contribution in [0.25, 0.3) is 0 Å². The van der Waals surface area contributed by atoms with Crippen LogP contribution in [0.4, 0.5) is 13.2 Å². The summed E-state index contributed by atoms with van der Waals surface area (Å²) >= 11 is 0. The molecule has 1 aromatic rings. The fourth-order valence-electron chi connectivity index (χ4n) is 3.13. The molecule has 2 N–H and O–H groups in total. The van der Waals surface area contributed by atoms with Crippen LogP contribution >= 0.6 is 0 Å². The summed E-state index contributed by atoms with van der Waals surface area (Å²) in [6, 6.07) is 5.23. The van der Waals surface area contributed by atoms with E-state index in [1.807, 2.05) is 18.7 Å². The second-order valence-electron chi connectivity index (χ2n) is 6.42. The van der Waals surface area contributed by atoms with Crippen LogP contribution < -0.4 is 5.32 Å². The van der Waals surface area contributed by atoms with Gasteiger partial charge in [-0.15, -0.1) is 0 Å². The third-order valence-electron chi connectivity index (χ3n) is 4.23. The summed E-state index contributed by atoms with van der Waals surface area (Å²) in [6.07, 6.45) is -4.39. The summed E-state index contributed by atoms with van der Waals surface area (Å²) in [7, 11) is 0. The van der Waals surface area contributed by atoms with Gasteiger partial charge in [0, 0.05) is 44.2 Å². The smallest absolute Gasteiger partial charge is 0.396 e. The van der Waals surface area contributed by atoms with Crippen molar-refractivity contribution in [1.82, 2.24) is 10.2 Å². The molecule has 0 radical (unpaired) electrons. The van der Waals surface area contributed by atoms with E-state index in [4.69, 9.17) is 0 Å². The van der Waals surface area contributed by atoms with Gasteiger partial charge in [0.2, 0.25) is 0 Å². The van der Waals surface area contributed by atoms with Crippen LogP contribution in [-0.2, 0) is 6.18 Å². The van der Waals surface area contributed by atoms with Gasteiger partial charge in [0.15, 0.2) is 0 Å². The van der Waals surface area contributed by atoms with E-state index in [2.05, 4.69) is 5.32 Å². The summed E-state index contributed by atoms with van der Waals surface area (Å²) in [5.74, 6) is 0. The van der Waals surface area contributed by atoms with Crippen molar-refractivity contribution in [2.45, 2.75) is 26.1 Å². The Balaban J connectivity index is 2.50. The number of hydrogen-bond acceptors (Lipinski definition) is 3. The zero-order chi connectivity index (χ0) is 16.4. The molecule has 22 heavy (non-hydrogen) atoms. The third kappa shape index (κ3) is 3.62. The van der Waals surface area contributed by atoms with E-state index < -0.39 is 23.2 Å². The Kier molecular flexibility index (Phi) is 5.14. The fraction of sp³-hybridized carbons (Fsp3) is 0.625. The van der Waals surface area contributed by atoms with E-state index in [1.54, 1.807) is 6.07 Å². The van der Waals surface area contributed by atoms with Gasteiger partial charge in [-0.3, -0.25) is 4.90 Å². The lowest BCUT2D eigenvalue weighted by atomic mass is 9.78. The molecular formula is C16H23F3N2O. The summed E-state index contributed by atoms with van der Waals surface area (Å²) in [4.78, 5) is 2.04. The molecule has 1 saturated heterocycles. The number of rotatable bonds is 4. The summed E-state index contributed by atoms with van der Waals surface area (Å²) in [5.41, 5.74) is -1.03. The van der Waals surface area contributed by atoms with Crippen molar-refractivity contribution in [3.8, 4) is 0 Å². The molecule has 0 unspecified atom stereocenters. The first-order valence-electron chi connectivity index (χ1n) is 7.49. The number of aliphatic hydroxyl groups excluding tert-OH is 1. The molecule has 6 heteroatoms. The summed E-state index contributed by atoms with van der Waals surface area (Å²) in [5, 5.41) is 12.9. The lowest BCUT2D eigenvalue weighted by Crippen LogP contribution is -2.50. The number of alkyl halides is 3. The second kappa shape index (κ2) is 6.56. The highest BCUT2D eigenvalue weighted by Gasteiger charge is 2.41. The minimum Gasteiger partial charge on any atom is -0.396 e. The minimum absolute atomic E-state index is 0.173. The van der Waals surface area contributed by atoms with E-state index in [9.17, 15) is 18.3 Å². The number of nitrogens with one attached hydrogen (secondary N) is 1. The van der Waals surface area contributed by atoms with E-state index in [0.717, 1.165) is 19.2 Å². The highest BCUT2D eigenvalue weighted by molar-refractivity contribution is 5.34. The highest BCUT2D eigenvalue weighted by atomic mass is 19.4. The number of halogens is 3. The molecule has 1 atom stereocenters. The Labute approximate surface area is 129 Å². The van der Waals surface area contributed by atoms with Gasteiger partial charge >= 0.3 is 6.18 Å². The third-order valence-corrected chi connectivity index (χ3v) is 4.23. The largest absolute Gasteiger partial charge is 0.416 e. The van der Waals surface area contributed by atoms with Crippen molar-refractivity contribution in [3.05, 3.63) is 35.4 Å². The van der Waals surface area contributed by atoms with Gasteiger partial charge < -0.3 is 10.4 Å². The molecule has 1 aromatic carbocycles. The van der Waals surface area contributed by atoms with Crippen LogP contribution in [0.1, 0.15) is 31.0 Å². The van der Waals surface area contributed by atoms with Crippen LogP contribution in [0.15, 0.2) is 24.3 Å². The monoisotopic (exact) mass is 316 g/mol. The predicted octanol–water partition coefficient (Wildman–Crippen LogP) is 2.67. The molecule has 3 nitrogen and oxygen atoms in total. The molecule has 0 aromatic heterocycles. The molecule has 1 heterocycles. The van der Waals surface area contributed by atoms with Crippen molar-refractivity contribution >= 4 is 0 Å². The van der Waals surface area contributed by atoms with Crippen LogP contribution in [0.2, 0.25) is 0 Å². The van der Waals surface area contributed by atoms with Gasteiger partial charge in [0.1, 0.15) is 0 Å². The Morgan fingerprint density at radius 3 is 2.32 bits per heavy atom. The first-order chi connectivity index (χ1) is 10.3. The zero-order valence-electron chi connectivity index (χ0n) is 13.0. The van der Waals surface area contributed by atoms with E-state index in [0.29, 0.717) is 13.1 Å². The van der Waals surface area contributed by atoms with Gasteiger partial charge in [-0.2, -0.15) is 13.2 Å². The van der Waals surface area contributed by atoms with Crippen molar-refractivity contribution in [2.24, 2.45) is 5.41 Å². The molecule has 0 saturated carbocycles. The van der Waals surface area contributed by atoms with Crippen LogP contribution in [0.3, 0.4) is 0 Å². The first-order valence-corrected chi connectivity index (χ1v) is 7.49. The van der Waals surface area contributed by atoms with Crippen molar-refractivity contribution < 1.29 is 18.3 Å². The number of benzene rings is 1. The molecule has 1 fully saturated rings. The first kappa shape index (κ1) is 17.2. The molecule has 2 rings (SSSR count). The van der Waals surface area contributed by atoms with E-state index in [1.165, 1.54) is 12.1 Å². The quantitative estimate of drug-likeness (QED) is 0.896. The van der Waals surface area contributed by atoms with Gasteiger partial charge in [-0.25, -0.2) is 0 Å². The molecule has 0 bridgehead atoms. The Morgan fingerprint density at radius 1 is 1.18 bits per heavy atom. The second-order valence-corrected chi connectivity index (χ2v) is 6.42. The molecule has 0 amide bonds. The van der Waals surface area contributed by atoms with E-state index in [-0.39, 0.29) is 12.2 Å². The average Bonchev–Trinajstić information content (AvgIpc) is 2.48. The van der Waals surface area contributed by atoms with Gasteiger partial charge in [0.05, 0.1) is 5.56 Å². The topological polar surface area (TPSA) is 35.5 Å². The predicted molar refractivity (Wildman–Crippen MR) is 79.5 cm³/mol. The molecule has 0 spiro atoms. The lowest BCUT2D eigenvalue weighted by Gasteiger charge is -2.44. The Morgan fingerprint density at radius 2 is 1.77 bits per heavy atom. The maximum Gasteiger partial charge on any atom is 0.416 e. The maximum atomic E-state index is 13.4. The average molecular weight is 316 g/mol. The summed E-state index contributed by atoms with van der Waals surface area (Å²) < 4.78 is 40.1. The Hall–Kier alpha value is -1.11. The van der Waals surface area contributed by atoms with Crippen molar-refractivity contribution in [3.63, 3.8) is 0 Å². The SMILES string of the molecule is CC(C)(CO)[C@@H](c1ccccc1C(F)(F)F)N1CCNCC1. The molecule has 0 aliphatic carbocycles. The van der Waals surface area contributed by atoms with Crippen LogP contribution in [0, 0.1) is 5.41 Å².